The second kappa shape index (κ2) is 6.28. The zero-order valence-corrected chi connectivity index (χ0v) is 13.4. The van der Waals surface area contributed by atoms with Crippen LogP contribution in [0.15, 0.2) is 24.5 Å². The van der Waals surface area contributed by atoms with E-state index in [9.17, 15) is 4.79 Å². The summed E-state index contributed by atoms with van der Waals surface area (Å²) in [7, 11) is 1.81. The number of aryl methyl sites for hydroxylation is 1. The van der Waals surface area contributed by atoms with Crippen LogP contribution < -0.4 is 14.8 Å². The minimum absolute atomic E-state index is 0.177. The third kappa shape index (κ3) is 3.13. The SMILES string of the molecule is CC(C)[C@@H](NC(=O)c1ccc2c(c1)OCCO2)c1ncnn1C. The van der Waals surface area contributed by atoms with Gasteiger partial charge in [-0.3, -0.25) is 9.48 Å². The van der Waals surface area contributed by atoms with Crippen LogP contribution in [0.3, 0.4) is 0 Å². The maximum absolute atomic E-state index is 12.6. The van der Waals surface area contributed by atoms with Gasteiger partial charge in [0.05, 0.1) is 6.04 Å². The van der Waals surface area contributed by atoms with E-state index in [-0.39, 0.29) is 17.9 Å². The molecule has 1 aromatic heterocycles. The van der Waals surface area contributed by atoms with Gasteiger partial charge in [0, 0.05) is 12.6 Å². The molecule has 1 atom stereocenters. The van der Waals surface area contributed by atoms with Gasteiger partial charge in [0.15, 0.2) is 11.5 Å². The zero-order chi connectivity index (χ0) is 16.4. The number of benzene rings is 1. The normalized spacial score (nSPS) is 14.6. The molecule has 0 unspecified atom stereocenters. The van der Waals surface area contributed by atoms with Crippen molar-refractivity contribution in [1.29, 1.82) is 0 Å². The standard InChI is InChI=1S/C16H20N4O3/c1-10(2)14(15-17-9-18-20(15)3)19-16(21)11-4-5-12-13(8-11)23-7-6-22-12/h4-5,8-10,14H,6-7H2,1-3H3,(H,19,21)/t14-/m1/s1. The van der Waals surface area contributed by atoms with E-state index in [0.717, 1.165) is 5.82 Å². The second-order valence-electron chi connectivity index (χ2n) is 5.80. The maximum atomic E-state index is 12.6. The Hall–Kier alpha value is -2.57. The molecule has 1 aliphatic rings. The molecule has 2 heterocycles. The molecular weight excluding hydrogens is 296 g/mol. The maximum Gasteiger partial charge on any atom is 0.252 e. The molecule has 2 aromatic rings. The van der Waals surface area contributed by atoms with Crippen LogP contribution in [0.25, 0.3) is 0 Å². The largest absolute Gasteiger partial charge is 0.486 e. The average Bonchev–Trinajstić information content (AvgIpc) is 2.97. The fourth-order valence-corrected chi connectivity index (χ4v) is 2.53. The first-order chi connectivity index (χ1) is 11.1. The van der Waals surface area contributed by atoms with Crippen molar-refractivity contribution < 1.29 is 14.3 Å². The number of aromatic nitrogens is 3. The van der Waals surface area contributed by atoms with E-state index < -0.39 is 0 Å². The quantitative estimate of drug-likeness (QED) is 0.929. The van der Waals surface area contributed by atoms with Crippen LogP contribution in [0.5, 0.6) is 11.5 Å². The van der Waals surface area contributed by atoms with Crippen LogP contribution in [-0.4, -0.2) is 33.9 Å². The van der Waals surface area contributed by atoms with Gasteiger partial charge in [-0.2, -0.15) is 5.10 Å². The first-order valence-electron chi connectivity index (χ1n) is 7.60. The van der Waals surface area contributed by atoms with Gasteiger partial charge in [0.25, 0.3) is 5.91 Å². The van der Waals surface area contributed by atoms with Crippen molar-refractivity contribution in [2.24, 2.45) is 13.0 Å². The molecule has 0 fully saturated rings. The number of nitrogens with zero attached hydrogens (tertiary/aromatic N) is 3. The summed E-state index contributed by atoms with van der Waals surface area (Å²) in [6, 6.07) is 4.98. The van der Waals surface area contributed by atoms with Crippen molar-refractivity contribution in [2.75, 3.05) is 13.2 Å². The number of carbonyl (C=O) groups is 1. The summed E-state index contributed by atoms with van der Waals surface area (Å²) in [5, 5.41) is 7.10. The Bertz CT molecular complexity index is 711. The van der Waals surface area contributed by atoms with Crippen LogP contribution in [0.4, 0.5) is 0 Å². The second-order valence-corrected chi connectivity index (χ2v) is 5.80. The highest BCUT2D eigenvalue weighted by Crippen LogP contribution is 2.31. The topological polar surface area (TPSA) is 78.3 Å². The summed E-state index contributed by atoms with van der Waals surface area (Å²) < 4.78 is 12.7. The summed E-state index contributed by atoms with van der Waals surface area (Å²) >= 11 is 0. The third-order valence-corrected chi connectivity index (χ3v) is 3.78. The van der Waals surface area contributed by atoms with Crippen LogP contribution in [0.1, 0.15) is 36.1 Å². The van der Waals surface area contributed by atoms with Gasteiger partial charge in [-0.25, -0.2) is 4.98 Å². The van der Waals surface area contributed by atoms with E-state index in [1.54, 1.807) is 22.9 Å². The van der Waals surface area contributed by atoms with Crippen LogP contribution >= 0.6 is 0 Å². The van der Waals surface area contributed by atoms with Gasteiger partial charge in [-0.1, -0.05) is 13.8 Å². The zero-order valence-electron chi connectivity index (χ0n) is 13.4. The number of hydrogen-bond donors (Lipinski definition) is 1. The number of nitrogens with one attached hydrogen (secondary N) is 1. The molecule has 1 aromatic carbocycles. The molecule has 7 heteroatoms. The van der Waals surface area contributed by atoms with Gasteiger partial charge in [-0.05, 0) is 24.1 Å². The fraction of sp³-hybridized carbons (Fsp3) is 0.438. The van der Waals surface area contributed by atoms with Crippen molar-refractivity contribution in [1.82, 2.24) is 20.1 Å². The van der Waals surface area contributed by atoms with E-state index in [1.807, 2.05) is 20.9 Å². The van der Waals surface area contributed by atoms with Crippen LogP contribution in [0.2, 0.25) is 0 Å². The molecule has 23 heavy (non-hydrogen) atoms. The smallest absolute Gasteiger partial charge is 0.252 e. The third-order valence-electron chi connectivity index (χ3n) is 3.78. The number of carbonyl (C=O) groups excluding carboxylic acids is 1. The predicted molar refractivity (Wildman–Crippen MR) is 83.5 cm³/mol. The first kappa shape index (κ1) is 15.3. The lowest BCUT2D eigenvalue weighted by molar-refractivity contribution is 0.0921. The van der Waals surface area contributed by atoms with Crippen molar-refractivity contribution in [3.63, 3.8) is 0 Å². The summed E-state index contributed by atoms with van der Waals surface area (Å²) in [4.78, 5) is 16.8. The Morgan fingerprint density at radius 3 is 2.65 bits per heavy atom. The fourth-order valence-electron chi connectivity index (χ4n) is 2.53. The number of hydrogen-bond acceptors (Lipinski definition) is 5. The van der Waals surface area contributed by atoms with Gasteiger partial charge < -0.3 is 14.8 Å². The molecule has 3 rings (SSSR count). The molecule has 0 aliphatic carbocycles. The van der Waals surface area contributed by atoms with E-state index in [4.69, 9.17) is 9.47 Å². The van der Waals surface area contributed by atoms with E-state index in [1.165, 1.54) is 6.33 Å². The molecule has 0 radical (unpaired) electrons. The van der Waals surface area contributed by atoms with E-state index in [2.05, 4.69) is 15.4 Å². The summed E-state index contributed by atoms with van der Waals surface area (Å²) in [6.45, 7) is 5.08. The van der Waals surface area contributed by atoms with Crippen molar-refractivity contribution in [3.8, 4) is 11.5 Å². The summed E-state index contributed by atoms with van der Waals surface area (Å²) in [6.07, 6.45) is 1.49. The lowest BCUT2D eigenvalue weighted by atomic mass is 10.0. The number of ether oxygens (including phenoxy) is 2. The minimum Gasteiger partial charge on any atom is -0.486 e. The Labute approximate surface area is 134 Å². The van der Waals surface area contributed by atoms with Crippen LogP contribution in [-0.2, 0) is 7.05 Å². The Morgan fingerprint density at radius 1 is 1.26 bits per heavy atom. The highest BCUT2D eigenvalue weighted by atomic mass is 16.6. The minimum atomic E-state index is -0.219. The van der Waals surface area contributed by atoms with Gasteiger partial charge >= 0.3 is 0 Å². The van der Waals surface area contributed by atoms with E-state index in [0.29, 0.717) is 30.3 Å². The van der Waals surface area contributed by atoms with Gasteiger partial charge in [0.1, 0.15) is 25.4 Å². The lowest BCUT2D eigenvalue weighted by Crippen LogP contribution is -2.33. The molecular formula is C16H20N4O3. The van der Waals surface area contributed by atoms with Crippen molar-refractivity contribution in [2.45, 2.75) is 19.9 Å². The Balaban J connectivity index is 1.81. The monoisotopic (exact) mass is 316 g/mol. The highest BCUT2D eigenvalue weighted by molar-refractivity contribution is 5.95. The number of rotatable bonds is 4. The first-order valence-corrected chi connectivity index (χ1v) is 7.60. The summed E-state index contributed by atoms with van der Waals surface area (Å²) in [5.41, 5.74) is 0.530. The van der Waals surface area contributed by atoms with E-state index >= 15 is 0 Å². The molecule has 1 amide bonds. The van der Waals surface area contributed by atoms with Crippen LogP contribution in [0, 0.1) is 5.92 Å². The summed E-state index contributed by atoms with van der Waals surface area (Å²) in [5.74, 6) is 2.00. The highest BCUT2D eigenvalue weighted by Gasteiger charge is 2.24. The Morgan fingerprint density at radius 2 is 2.00 bits per heavy atom. The molecule has 1 N–H and O–H groups in total. The average molecular weight is 316 g/mol. The molecule has 7 nitrogen and oxygen atoms in total. The molecule has 0 saturated heterocycles. The van der Waals surface area contributed by atoms with Gasteiger partial charge in [-0.15, -0.1) is 0 Å². The van der Waals surface area contributed by atoms with Gasteiger partial charge in [0.2, 0.25) is 0 Å². The molecule has 122 valence electrons. The van der Waals surface area contributed by atoms with Crippen molar-refractivity contribution >= 4 is 5.91 Å². The molecule has 0 saturated carbocycles. The Kier molecular flexibility index (Phi) is 4.18. The number of amides is 1. The van der Waals surface area contributed by atoms with Crippen molar-refractivity contribution in [3.05, 3.63) is 35.9 Å². The number of fused-ring (bicyclic) bond motifs is 1. The lowest BCUT2D eigenvalue weighted by Gasteiger charge is -2.22. The molecule has 1 aliphatic heterocycles. The predicted octanol–water partition coefficient (Wildman–Crippen LogP) is 1.71. The molecule has 0 bridgehead atoms. The molecule has 0 spiro atoms.